The van der Waals surface area contributed by atoms with Gasteiger partial charge in [0.15, 0.2) is 6.54 Å². The molecule has 0 aliphatic carbocycles. The van der Waals surface area contributed by atoms with Crippen molar-refractivity contribution in [1.82, 2.24) is 9.88 Å². The molecule has 3 rings (SSSR count). The number of rotatable bonds is 7. The van der Waals surface area contributed by atoms with Crippen molar-refractivity contribution in [3.63, 3.8) is 0 Å². The lowest BCUT2D eigenvalue weighted by atomic mass is 9.96. The lowest BCUT2D eigenvalue weighted by molar-refractivity contribution is -0.692. The number of nitrogens with two attached hydrogens (primary N) is 1. The Kier molecular flexibility index (Phi) is 6.24. The average molecular weight is 383 g/mol. The van der Waals surface area contributed by atoms with Crippen molar-refractivity contribution < 1.29 is 10.1 Å². The first kappa shape index (κ1) is 19.5. The molecule has 142 valence electrons. The molecule has 0 aliphatic heterocycles. The molecule has 1 heterocycles. The van der Waals surface area contributed by atoms with Gasteiger partial charge in [0.1, 0.15) is 11.0 Å². The predicted molar refractivity (Wildman–Crippen MR) is 112 cm³/mol. The molecule has 0 radical (unpaired) electrons. The Bertz CT molecular complexity index is 858. The van der Waals surface area contributed by atoms with E-state index >= 15 is 0 Å². The molecule has 1 amide bonds. The molecule has 0 fully saturated rings. The van der Waals surface area contributed by atoms with Crippen molar-refractivity contribution in [3.8, 4) is 0 Å². The van der Waals surface area contributed by atoms with E-state index < -0.39 is 0 Å². The van der Waals surface area contributed by atoms with Gasteiger partial charge in [-0.15, -0.1) is 11.3 Å². The number of hydrogen-bond donors (Lipinski definition) is 1. The Balaban J connectivity index is 1.65. The van der Waals surface area contributed by atoms with Crippen molar-refractivity contribution in [2.45, 2.75) is 32.9 Å². The van der Waals surface area contributed by atoms with E-state index in [0.29, 0.717) is 12.5 Å². The zero-order valence-electron chi connectivity index (χ0n) is 16.4. The minimum atomic E-state index is -0.0301. The van der Waals surface area contributed by atoms with Crippen LogP contribution in [0.4, 0.5) is 0 Å². The van der Waals surface area contributed by atoms with Crippen LogP contribution >= 0.6 is 11.3 Å². The molecule has 0 aliphatic rings. The highest BCUT2D eigenvalue weighted by Gasteiger charge is 2.25. The van der Waals surface area contributed by atoms with E-state index in [9.17, 15) is 4.79 Å². The first-order valence-corrected chi connectivity index (χ1v) is 10.3. The maximum atomic E-state index is 12.8. The highest BCUT2D eigenvalue weighted by Crippen LogP contribution is 2.28. The molecule has 5 heteroatoms. The topological polar surface area (TPSA) is 49.8 Å². The van der Waals surface area contributed by atoms with Crippen LogP contribution in [0.15, 0.2) is 54.6 Å². The van der Waals surface area contributed by atoms with Crippen LogP contribution in [0.3, 0.4) is 0 Å². The summed E-state index contributed by atoms with van der Waals surface area (Å²) >= 11 is 1.66. The quantitative estimate of drug-likeness (QED) is 0.676. The van der Waals surface area contributed by atoms with Crippen LogP contribution in [-0.4, -0.2) is 29.4 Å². The van der Waals surface area contributed by atoms with Crippen LogP contribution in [0.2, 0.25) is 0 Å². The molecule has 1 aromatic heterocycles. The van der Waals surface area contributed by atoms with Gasteiger partial charge in [-0.1, -0.05) is 56.3 Å². The van der Waals surface area contributed by atoms with E-state index in [2.05, 4.69) is 49.5 Å². The second kappa shape index (κ2) is 8.63. The fourth-order valence-electron chi connectivity index (χ4n) is 3.29. The maximum absolute atomic E-state index is 12.8. The number of carbonyl (C=O) groups excluding carboxylic acids is 1. The molecule has 0 saturated heterocycles. The second-order valence-corrected chi connectivity index (χ2v) is 8.38. The zero-order valence-corrected chi connectivity index (χ0v) is 17.2. The van der Waals surface area contributed by atoms with Gasteiger partial charge in [-0.25, -0.2) is 4.98 Å². The van der Waals surface area contributed by atoms with E-state index in [1.54, 1.807) is 11.3 Å². The normalized spacial score (nSPS) is 13.7. The predicted octanol–water partition coefficient (Wildman–Crippen LogP) is 3.78. The molecule has 0 bridgehead atoms. The Morgan fingerprint density at radius 1 is 1.07 bits per heavy atom. The van der Waals surface area contributed by atoms with Gasteiger partial charge < -0.3 is 10.2 Å². The highest BCUT2D eigenvalue weighted by atomic mass is 32.1. The van der Waals surface area contributed by atoms with Crippen molar-refractivity contribution in [2.24, 2.45) is 5.92 Å². The summed E-state index contributed by atoms with van der Waals surface area (Å²) in [6.45, 7) is 6.88. The van der Waals surface area contributed by atoms with Crippen LogP contribution in [-0.2, 0) is 4.79 Å². The van der Waals surface area contributed by atoms with Crippen LogP contribution in [0.25, 0.3) is 10.2 Å². The molecular weight excluding hydrogens is 354 g/mol. The van der Waals surface area contributed by atoms with Gasteiger partial charge in [0, 0.05) is 18.5 Å². The minimum absolute atomic E-state index is 0.0301. The van der Waals surface area contributed by atoms with Crippen molar-refractivity contribution >= 4 is 27.5 Å². The Hall–Kier alpha value is -2.24. The molecular formula is C22H28N3OS+. The number of likely N-dealkylation sites (N-methyl/N-ethyl adjacent to an activating group) is 1. The summed E-state index contributed by atoms with van der Waals surface area (Å²) in [5.41, 5.74) is 2.27. The molecule has 3 aromatic rings. The largest absolute Gasteiger partial charge is 0.332 e. The number of thiazole rings is 1. The Morgan fingerprint density at radius 3 is 2.41 bits per heavy atom. The van der Waals surface area contributed by atoms with E-state index in [-0.39, 0.29) is 18.0 Å². The van der Waals surface area contributed by atoms with Crippen molar-refractivity contribution in [3.05, 3.63) is 65.2 Å². The number of fused-ring (bicyclic) bond motifs is 1. The molecule has 2 atom stereocenters. The molecule has 4 nitrogen and oxygen atoms in total. The van der Waals surface area contributed by atoms with Gasteiger partial charge in [-0.2, -0.15) is 0 Å². The third kappa shape index (κ3) is 4.54. The number of hydrogen-bond acceptors (Lipinski definition) is 3. The van der Waals surface area contributed by atoms with Crippen molar-refractivity contribution in [1.29, 1.82) is 0 Å². The molecule has 0 saturated carbocycles. The SMILES string of the molecule is CC(C)[C@@H]([NH2+]CC(=O)N(C)[C@H](C)c1nc2ccccc2s1)c1ccccc1. The van der Waals surface area contributed by atoms with Gasteiger partial charge in [-0.05, 0) is 19.1 Å². The van der Waals surface area contributed by atoms with Gasteiger partial charge in [0.2, 0.25) is 0 Å². The smallest absolute Gasteiger partial charge is 0.278 e. The first-order valence-electron chi connectivity index (χ1n) is 9.46. The van der Waals surface area contributed by atoms with Gasteiger partial charge in [-0.3, -0.25) is 4.79 Å². The molecule has 27 heavy (non-hydrogen) atoms. The molecule has 0 unspecified atom stereocenters. The second-order valence-electron chi connectivity index (χ2n) is 7.32. The molecule has 0 spiro atoms. The summed E-state index contributed by atoms with van der Waals surface area (Å²) in [6.07, 6.45) is 0. The minimum Gasteiger partial charge on any atom is -0.332 e. The van der Waals surface area contributed by atoms with Crippen molar-refractivity contribution in [2.75, 3.05) is 13.6 Å². The summed E-state index contributed by atoms with van der Waals surface area (Å²) in [6, 6.07) is 18.8. The van der Waals surface area contributed by atoms with E-state index in [1.165, 1.54) is 5.56 Å². The zero-order chi connectivity index (χ0) is 19.4. The molecule has 2 aromatic carbocycles. The van der Waals surface area contributed by atoms with E-state index in [4.69, 9.17) is 4.98 Å². The monoisotopic (exact) mass is 382 g/mol. The fourth-order valence-corrected chi connectivity index (χ4v) is 4.35. The Morgan fingerprint density at radius 2 is 1.74 bits per heavy atom. The third-order valence-corrected chi connectivity index (χ3v) is 6.30. The van der Waals surface area contributed by atoms with E-state index in [1.807, 2.05) is 43.1 Å². The van der Waals surface area contributed by atoms with Gasteiger partial charge >= 0.3 is 0 Å². The molecule has 2 N–H and O–H groups in total. The first-order chi connectivity index (χ1) is 13.0. The number of aromatic nitrogens is 1. The van der Waals surface area contributed by atoms with Gasteiger partial charge in [0.05, 0.1) is 16.3 Å². The maximum Gasteiger partial charge on any atom is 0.278 e. The summed E-state index contributed by atoms with van der Waals surface area (Å²) in [5, 5.41) is 3.14. The summed E-state index contributed by atoms with van der Waals surface area (Å²) < 4.78 is 1.16. The van der Waals surface area contributed by atoms with Crippen LogP contribution in [0, 0.1) is 5.92 Å². The number of benzene rings is 2. The van der Waals surface area contributed by atoms with Crippen LogP contribution in [0.1, 0.15) is 43.4 Å². The number of quaternary nitrogens is 1. The van der Waals surface area contributed by atoms with Crippen LogP contribution in [0.5, 0.6) is 0 Å². The number of carbonyl (C=O) groups is 1. The standard InChI is InChI=1S/C22H27N3OS/c1-15(2)21(17-10-6-5-7-11-17)23-14-20(26)25(4)16(3)22-24-18-12-8-9-13-19(18)27-22/h5-13,15-16,21,23H,14H2,1-4H3/p+1/t16-,21-/m1/s1. The van der Waals surface area contributed by atoms with E-state index in [0.717, 1.165) is 15.2 Å². The highest BCUT2D eigenvalue weighted by molar-refractivity contribution is 7.18. The number of nitrogens with zero attached hydrogens (tertiary/aromatic N) is 2. The number of para-hydroxylation sites is 1. The van der Waals surface area contributed by atoms with Crippen LogP contribution < -0.4 is 5.32 Å². The summed E-state index contributed by atoms with van der Waals surface area (Å²) in [7, 11) is 1.87. The third-order valence-electron chi connectivity index (χ3n) is 5.09. The summed E-state index contributed by atoms with van der Waals surface area (Å²) in [4.78, 5) is 19.3. The number of amides is 1. The lowest BCUT2D eigenvalue weighted by Gasteiger charge is -2.25. The Labute approximate surface area is 165 Å². The lowest BCUT2D eigenvalue weighted by Crippen LogP contribution is -2.88. The average Bonchev–Trinajstić information content (AvgIpc) is 3.11. The summed E-state index contributed by atoms with van der Waals surface area (Å²) in [5.74, 6) is 0.579. The fraction of sp³-hybridized carbons (Fsp3) is 0.364. The van der Waals surface area contributed by atoms with Gasteiger partial charge in [0.25, 0.3) is 5.91 Å².